The van der Waals surface area contributed by atoms with Gasteiger partial charge in [-0.2, -0.15) is 0 Å². The molecule has 0 bridgehead atoms. The second-order valence-electron chi connectivity index (χ2n) is 5.90. The molecule has 1 nitrogen and oxygen atoms in total. The number of alkyl halides is 1. The van der Waals surface area contributed by atoms with Crippen molar-refractivity contribution in [3.63, 3.8) is 0 Å². The maximum absolute atomic E-state index is 5.73. The fourth-order valence-electron chi connectivity index (χ4n) is 2.09. The topological polar surface area (TPSA) is 12.0 Å². The minimum Gasteiger partial charge on any atom is -0.316 e. The maximum Gasteiger partial charge on any atom is 0.0223 e. The average molecular weight is 262 g/mol. The summed E-state index contributed by atoms with van der Waals surface area (Å²) in [7, 11) is 0. The van der Waals surface area contributed by atoms with Gasteiger partial charge in [-0.25, -0.2) is 0 Å². The molecule has 0 fully saturated rings. The van der Waals surface area contributed by atoms with Crippen LogP contribution in [0.25, 0.3) is 0 Å². The minimum absolute atomic E-state index is 0.400. The lowest BCUT2D eigenvalue weighted by Crippen LogP contribution is -2.30. The van der Waals surface area contributed by atoms with Crippen molar-refractivity contribution in [2.45, 2.75) is 72.1 Å². The zero-order valence-corrected chi connectivity index (χ0v) is 12.9. The molecule has 0 heterocycles. The van der Waals surface area contributed by atoms with Crippen molar-refractivity contribution < 1.29 is 0 Å². The third kappa shape index (κ3) is 12.5. The molecule has 17 heavy (non-hydrogen) atoms. The molecule has 104 valence electrons. The molecule has 0 aliphatic heterocycles. The third-order valence-corrected chi connectivity index (χ3v) is 3.57. The van der Waals surface area contributed by atoms with E-state index in [9.17, 15) is 0 Å². The van der Waals surface area contributed by atoms with E-state index in [2.05, 4.69) is 26.1 Å². The molecular weight excluding hydrogens is 230 g/mol. The van der Waals surface area contributed by atoms with E-state index >= 15 is 0 Å². The lowest BCUT2D eigenvalue weighted by molar-refractivity contribution is 0.311. The quantitative estimate of drug-likeness (QED) is 0.386. The Kier molecular flexibility index (Phi) is 11.5. The van der Waals surface area contributed by atoms with Crippen LogP contribution < -0.4 is 5.32 Å². The number of rotatable bonds is 12. The Labute approximate surface area is 114 Å². The highest BCUT2D eigenvalue weighted by Crippen LogP contribution is 2.21. The van der Waals surface area contributed by atoms with Gasteiger partial charge in [0.15, 0.2) is 0 Å². The van der Waals surface area contributed by atoms with Crippen LogP contribution in [-0.4, -0.2) is 19.0 Å². The maximum atomic E-state index is 5.73. The summed E-state index contributed by atoms with van der Waals surface area (Å²) in [6.45, 7) is 9.22. The lowest BCUT2D eigenvalue weighted by Gasteiger charge is -2.24. The van der Waals surface area contributed by atoms with Gasteiger partial charge in [0.2, 0.25) is 0 Å². The smallest absolute Gasteiger partial charge is 0.0223 e. The summed E-state index contributed by atoms with van der Waals surface area (Å²) in [4.78, 5) is 0. The highest BCUT2D eigenvalue weighted by atomic mass is 35.5. The number of unbranched alkanes of at least 4 members (excludes halogenated alkanes) is 5. The van der Waals surface area contributed by atoms with E-state index in [1.807, 2.05) is 0 Å². The van der Waals surface area contributed by atoms with E-state index in [1.165, 1.54) is 51.5 Å². The molecule has 0 aromatic carbocycles. The second kappa shape index (κ2) is 11.3. The Morgan fingerprint density at radius 1 is 0.941 bits per heavy atom. The van der Waals surface area contributed by atoms with Crippen LogP contribution in [0.5, 0.6) is 0 Å². The number of hydrogen-bond acceptors (Lipinski definition) is 1. The Morgan fingerprint density at radius 2 is 1.59 bits per heavy atom. The van der Waals surface area contributed by atoms with Crippen molar-refractivity contribution in [1.29, 1.82) is 0 Å². The van der Waals surface area contributed by atoms with E-state index in [0.29, 0.717) is 5.41 Å². The Morgan fingerprint density at radius 3 is 2.24 bits per heavy atom. The first kappa shape index (κ1) is 17.2. The molecule has 0 saturated heterocycles. The highest BCUT2D eigenvalue weighted by molar-refractivity contribution is 6.17. The molecule has 0 spiro atoms. The fraction of sp³-hybridized carbons (Fsp3) is 1.00. The fourth-order valence-corrected chi connectivity index (χ4v) is 2.22. The summed E-state index contributed by atoms with van der Waals surface area (Å²) >= 11 is 5.73. The lowest BCUT2D eigenvalue weighted by atomic mass is 9.88. The van der Waals surface area contributed by atoms with E-state index in [-0.39, 0.29) is 0 Å². The second-order valence-corrected chi connectivity index (χ2v) is 6.28. The normalized spacial score (nSPS) is 12.0. The van der Waals surface area contributed by atoms with Gasteiger partial charge in [0.05, 0.1) is 0 Å². The van der Waals surface area contributed by atoms with Gasteiger partial charge in [0.25, 0.3) is 0 Å². The molecule has 0 amide bonds. The van der Waals surface area contributed by atoms with Gasteiger partial charge < -0.3 is 5.32 Å². The SMILES string of the molecule is CCCCCCCCNCC(C)(C)CCCCl. The van der Waals surface area contributed by atoms with Crippen molar-refractivity contribution in [3.05, 3.63) is 0 Å². The van der Waals surface area contributed by atoms with Crippen LogP contribution in [0.2, 0.25) is 0 Å². The number of nitrogens with one attached hydrogen (secondary N) is 1. The molecular formula is C15H32ClN. The Balaban J connectivity index is 3.26. The first-order chi connectivity index (χ1) is 8.12. The number of hydrogen-bond donors (Lipinski definition) is 1. The van der Waals surface area contributed by atoms with Crippen LogP contribution in [0.15, 0.2) is 0 Å². The predicted molar refractivity (Wildman–Crippen MR) is 80.0 cm³/mol. The monoisotopic (exact) mass is 261 g/mol. The van der Waals surface area contributed by atoms with Gasteiger partial charge in [-0.15, -0.1) is 11.6 Å². The summed E-state index contributed by atoms with van der Waals surface area (Å²) in [5.41, 5.74) is 0.400. The van der Waals surface area contributed by atoms with Crippen molar-refractivity contribution in [2.75, 3.05) is 19.0 Å². The average Bonchev–Trinajstić information content (AvgIpc) is 2.30. The summed E-state index contributed by atoms with van der Waals surface area (Å²) < 4.78 is 0. The highest BCUT2D eigenvalue weighted by Gasteiger charge is 2.15. The minimum atomic E-state index is 0.400. The van der Waals surface area contributed by atoms with E-state index in [4.69, 9.17) is 11.6 Å². The molecule has 0 unspecified atom stereocenters. The number of halogens is 1. The van der Waals surface area contributed by atoms with Gasteiger partial charge in [-0.05, 0) is 31.2 Å². The van der Waals surface area contributed by atoms with Crippen LogP contribution in [0, 0.1) is 5.41 Å². The first-order valence-electron chi connectivity index (χ1n) is 7.39. The molecule has 0 radical (unpaired) electrons. The summed E-state index contributed by atoms with van der Waals surface area (Å²) in [6, 6.07) is 0. The van der Waals surface area contributed by atoms with Gasteiger partial charge in [0.1, 0.15) is 0 Å². The molecule has 0 aromatic heterocycles. The zero-order valence-electron chi connectivity index (χ0n) is 12.2. The molecule has 0 rings (SSSR count). The van der Waals surface area contributed by atoms with Crippen molar-refractivity contribution in [3.8, 4) is 0 Å². The van der Waals surface area contributed by atoms with Crippen molar-refractivity contribution in [1.82, 2.24) is 5.32 Å². The molecule has 0 atom stereocenters. The van der Waals surface area contributed by atoms with Crippen molar-refractivity contribution >= 4 is 11.6 Å². The standard InChI is InChI=1S/C15H32ClN/c1-4-5-6-7-8-9-13-17-14-15(2,3)11-10-12-16/h17H,4-14H2,1-3H3. The third-order valence-electron chi connectivity index (χ3n) is 3.30. The van der Waals surface area contributed by atoms with Gasteiger partial charge in [0, 0.05) is 12.4 Å². The van der Waals surface area contributed by atoms with Crippen LogP contribution in [-0.2, 0) is 0 Å². The molecule has 0 saturated carbocycles. The van der Waals surface area contributed by atoms with Crippen LogP contribution in [0.1, 0.15) is 72.1 Å². The van der Waals surface area contributed by atoms with E-state index in [1.54, 1.807) is 0 Å². The molecule has 0 aromatic rings. The molecule has 0 aliphatic carbocycles. The van der Waals surface area contributed by atoms with Crippen LogP contribution in [0.4, 0.5) is 0 Å². The van der Waals surface area contributed by atoms with Crippen molar-refractivity contribution in [2.24, 2.45) is 5.41 Å². The van der Waals surface area contributed by atoms with Crippen LogP contribution >= 0.6 is 11.6 Å². The Hall–Kier alpha value is 0.250. The molecule has 0 aliphatic rings. The molecule has 2 heteroatoms. The Bertz CT molecular complexity index is 157. The molecule has 1 N–H and O–H groups in total. The van der Waals surface area contributed by atoms with Gasteiger partial charge in [-0.1, -0.05) is 52.9 Å². The zero-order chi connectivity index (χ0) is 13.0. The summed E-state index contributed by atoms with van der Waals surface area (Å²) in [6.07, 6.45) is 10.6. The largest absolute Gasteiger partial charge is 0.316 e. The van der Waals surface area contributed by atoms with Gasteiger partial charge >= 0.3 is 0 Å². The van der Waals surface area contributed by atoms with Gasteiger partial charge in [-0.3, -0.25) is 0 Å². The summed E-state index contributed by atoms with van der Waals surface area (Å²) in [5.74, 6) is 0.793. The first-order valence-corrected chi connectivity index (χ1v) is 7.92. The van der Waals surface area contributed by atoms with E-state index in [0.717, 1.165) is 18.8 Å². The summed E-state index contributed by atoms with van der Waals surface area (Å²) in [5, 5.41) is 3.58. The predicted octanol–water partition coefficient (Wildman–Crippen LogP) is 4.98. The van der Waals surface area contributed by atoms with E-state index < -0.39 is 0 Å². The van der Waals surface area contributed by atoms with Crippen LogP contribution in [0.3, 0.4) is 0 Å².